The fourth-order valence-corrected chi connectivity index (χ4v) is 3.93. The minimum absolute atomic E-state index is 0.0644. The van der Waals surface area contributed by atoms with Gasteiger partial charge in [0.25, 0.3) is 5.92 Å². The summed E-state index contributed by atoms with van der Waals surface area (Å²) in [5.74, 6) is -3.30. The smallest absolute Gasteiger partial charge is 0.378 e. The highest BCUT2D eigenvalue weighted by atomic mass is 19.4. The third kappa shape index (κ3) is 4.46. The Kier molecular flexibility index (Phi) is 5.50. The van der Waals surface area contributed by atoms with E-state index in [1.807, 2.05) is 30.3 Å². The minimum Gasteiger partial charge on any atom is -0.378 e. The number of hydrogen-bond acceptors (Lipinski definition) is 1. The van der Waals surface area contributed by atoms with Gasteiger partial charge in [-0.25, -0.2) is 8.78 Å². The first-order valence-corrected chi connectivity index (χ1v) is 9.52. The molecule has 1 N–H and O–H groups in total. The van der Waals surface area contributed by atoms with Gasteiger partial charge in [0, 0.05) is 23.7 Å². The molecule has 0 saturated heterocycles. The molecule has 0 aromatic heterocycles. The number of rotatable bonds is 6. The van der Waals surface area contributed by atoms with E-state index in [0.29, 0.717) is 13.0 Å². The zero-order valence-electron chi connectivity index (χ0n) is 16.4. The van der Waals surface area contributed by atoms with Crippen LogP contribution in [0.1, 0.15) is 61.4 Å². The van der Waals surface area contributed by atoms with E-state index in [9.17, 15) is 22.0 Å². The molecule has 1 aliphatic rings. The highest BCUT2D eigenvalue weighted by Crippen LogP contribution is 2.50. The SMILES string of the molecule is C=C(NC(c1ccccc1)C1(C)CCC1)c1cc(C(F)(F)F)ccc1C(C)(F)F. The van der Waals surface area contributed by atoms with E-state index in [1.165, 1.54) is 0 Å². The molecule has 6 heteroatoms. The van der Waals surface area contributed by atoms with Gasteiger partial charge in [0.2, 0.25) is 0 Å². The Morgan fingerprint density at radius 2 is 1.66 bits per heavy atom. The molecule has 0 bridgehead atoms. The average molecular weight is 409 g/mol. The van der Waals surface area contributed by atoms with Crippen molar-refractivity contribution in [3.8, 4) is 0 Å². The molecule has 29 heavy (non-hydrogen) atoms. The Morgan fingerprint density at radius 1 is 1.03 bits per heavy atom. The van der Waals surface area contributed by atoms with Gasteiger partial charge in [-0.05, 0) is 36.0 Å². The molecule has 1 saturated carbocycles. The topological polar surface area (TPSA) is 12.0 Å². The maximum atomic E-state index is 14.1. The third-order valence-corrected chi connectivity index (χ3v) is 5.79. The minimum atomic E-state index is -4.63. The molecule has 0 heterocycles. The van der Waals surface area contributed by atoms with Gasteiger partial charge in [0.15, 0.2) is 0 Å². The monoisotopic (exact) mass is 409 g/mol. The molecule has 2 aromatic carbocycles. The van der Waals surface area contributed by atoms with Crippen LogP contribution in [0.5, 0.6) is 0 Å². The number of hydrogen-bond donors (Lipinski definition) is 1. The lowest BCUT2D eigenvalue weighted by atomic mass is 9.63. The summed E-state index contributed by atoms with van der Waals surface area (Å²) in [7, 11) is 0. The van der Waals surface area contributed by atoms with Crippen LogP contribution in [-0.4, -0.2) is 0 Å². The Labute approximate surface area is 167 Å². The van der Waals surface area contributed by atoms with E-state index in [0.717, 1.165) is 37.0 Å². The summed E-state index contributed by atoms with van der Waals surface area (Å²) in [6, 6.07) is 11.5. The number of nitrogens with one attached hydrogen (secondary N) is 1. The molecule has 1 unspecified atom stereocenters. The molecule has 1 nitrogen and oxygen atoms in total. The molecule has 1 aliphatic carbocycles. The van der Waals surface area contributed by atoms with Crippen LogP contribution in [0, 0.1) is 5.41 Å². The predicted molar refractivity (Wildman–Crippen MR) is 104 cm³/mol. The standard InChI is InChI=1S/C23H24F5N/c1-15(18-14-17(23(26,27)28)10-11-19(18)22(3,24)25)29-20(21(2)12-7-13-21)16-8-5-4-6-9-16/h4-6,8-11,14,20,29H,1,7,12-13H2,2-3H3. The Hall–Kier alpha value is -2.37. The summed E-state index contributed by atoms with van der Waals surface area (Å²) < 4.78 is 67.9. The van der Waals surface area contributed by atoms with E-state index in [-0.39, 0.29) is 22.7 Å². The second kappa shape index (κ2) is 7.47. The fourth-order valence-electron chi connectivity index (χ4n) is 3.93. The molecule has 1 atom stereocenters. The van der Waals surface area contributed by atoms with E-state index in [4.69, 9.17) is 0 Å². The lowest BCUT2D eigenvalue weighted by molar-refractivity contribution is -0.137. The summed E-state index contributed by atoms with van der Waals surface area (Å²) in [5, 5.41) is 3.19. The van der Waals surface area contributed by atoms with Crippen molar-refractivity contribution < 1.29 is 22.0 Å². The van der Waals surface area contributed by atoms with E-state index in [2.05, 4.69) is 18.8 Å². The molecule has 156 valence electrons. The fraction of sp³-hybridized carbons (Fsp3) is 0.391. The molecule has 0 amide bonds. The largest absolute Gasteiger partial charge is 0.416 e. The normalized spacial score (nSPS) is 17.3. The van der Waals surface area contributed by atoms with Crippen molar-refractivity contribution in [2.24, 2.45) is 5.41 Å². The zero-order valence-corrected chi connectivity index (χ0v) is 16.4. The first-order valence-electron chi connectivity index (χ1n) is 9.52. The molecule has 2 aromatic rings. The van der Waals surface area contributed by atoms with E-state index >= 15 is 0 Å². The van der Waals surface area contributed by atoms with Gasteiger partial charge in [-0.15, -0.1) is 0 Å². The second-order valence-electron chi connectivity index (χ2n) is 8.12. The quantitative estimate of drug-likeness (QED) is 0.493. The lowest BCUT2D eigenvalue weighted by Gasteiger charge is -2.46. The number of alkyl halides is 5. The molecular formula is C23H24F5N. The van der Waals surface area contributed by atoms with Crippen molar-refractivity contribution >= 4 is 5.70 Å². The summed E-state index contributed by atoms with van der Waals surface area (Å²) in [4.78, 5) is 0. The Balaban J connectivity index is 2.02. The molecule has 0 spiro atoms. The highest BCUT2D eigenvalue weighted by Gasteiger charge is 2.41. The van der Waals surface area contributed by atoms with Crippen LogP contribution >= 0.6 is 0 Å². The molecule has 0 aliphatic heterocycles. The van der Waals surface area contributed by atoms with Crippen LogP contribution in [-0.2, 0) is 12.1 Å². The zero-order chi connectivity index (χ0) is 21.4. The summed E-state index contributed by atoms with van der Waals surface area (Å²) >= 11 is 0. The van der Waals surface area contributed by atoms with Crippen LogP contribution in [0.15, 0.2) is 55.1 Å². The first kappa shape index (κ1) is 21.3. The summed E-state index contributed by atoms with van der Waals surface area (Å²) in [5.41, 5.74) is -0.776. The van der Waals surface area contributed by atoms with Crippen molar-refractivity contribution in [3.05, 3.63) is 77.4 Å². The van der Waals surface area contributed by atoms with Gasteiger partial charge in [-0.1, -0.05) is 56.3 Å². The highest BCUT2D eigenvalue weighted by molar-refractivity contribution is 5.67. The maximum absolute atomic E-state index is 14.1. The van der Waals surface area contributed by atoms with Gasteiger partial charge in [0.05, 0.1) is 11.6 Å². The Morgan fingerprint density at radius 3 is 2.14 bits per heavy atom. The Bertz CT molecular complexity index is 876. The van der Waals surface area contributed by atoms with Crippen LogP contribution in [0.2, 0.25) is 0 Å². The molecule has 3 rings (SSSR count). The number of halogens is 5. The van der Waals surface area contributed by atoms with Crippen LogP contribution in [0.4, 0.5) is 22.0 Å². The van der Waals surface area contributed by atoms with Crippen molar-refractivity contribution in [2.75, 3.05) is 0 Å². The van der Waals surface area contributed by atoms with Gasteiger partial charge in [-0.3, -0.25) is 0 Å². The first-order chi connectivity index (χ1) is 13.4. The third-order valence-electron chi connectivity index (χ3n) is 5.79. The summed E-state index contributed by atoms with van der Waals surface area (Å²) in [6.07, 6.45) is -1.70. The number of benzene rings is 2. The van der Waals surface area contributed by atoms with Crippen LogP contribution in [0.3, 0.4) is 0 Å². The van der Waals surface area contributed by atoms with Crippen LogP contribution in [0.25, 0.3) is 5.70 Å². The maximum Gasteiger partial charge on any atom is 0.416 e. The van der Waals surface area contributed by atoms with Gasteiger partial charge >= 0.3 is 6.18 Å². The summed E-state index contributed by atoms with van der Waals surface area (Å²) in [6.45, 7) is 6.62. The van der Waals surface area contributed by atoms with Gasteiger partial charge in [0.1, 0.15) is 0 Å². The molecular weight excluding hydrogens is 385 g/mol. The molecule has 1 fully saturated rings. The van der Waals surface area contributed by atoms with Gasteiger partial charge < -0.3 is 5.32 Å². The average Bonchev–Trinajstić information content (AvgIpc) is 2.63. The van der Waals surface area contributed by atoms with Crippen molar-refractivity contribution in [1.82, 2.24) is 5.32 Å². The van der Waals surface area contributed by atoms with E-state index in [1.54, 1.807) is 0 Å². The predicted octanol–water partition coefficient (Wildman–Crippen LogP) is 7.31. The molecule has 0 radical (unpaired) electrons. The van der Waals surface area contributed by atoms with Gasteiger partial charge in [-0.2, -0.15) is 13.2 Å². The van der Waals surface area contributed by atoms with Crippen molar-refractivity contribution in [2.45, 2.75) is 51.3 Å². The van der Waals surface area contributed by atoms with E-state index < -0.39 is 23.2 Å². The second-order valence-corrected chi connectivity index (χ2v) is 8.12. The lowest BCUT2D eigenvalue weighted by Crippen LogP contribution is -2.40. The van der Waals surface area contributed by atoms with Crippen LogP contribution < -0.4 is 5.32 Å². The van der Waals surface area contributed by atoms with Crippen molar-refractivity contribution in [3.63, 3.8) is 0 Å². The van der Waals surface area contributed by atoms with Crippen molar-refractivity contribution in [1.29, 1.82) is 0 Å².